The van der Waals surface area contributed by atoms with E-state index in [-0.39, 0.29) is 0 Å². The topological polar surface area (TPSA) is 74.8 Å². The summed E-state index contributed by atoms with van der Waals surface area (Å²) in [7, 11) is 1.28. The first-order chi connectivity index (χ1) is 14.0. The number of anilines is 1. The lowest BCUT2D eigenvalue weighted by Crippen LogP contribution is -2.83. The van der Waals surface area contributed by atoms with Crippen molar-refractivity contribution >= 4 is 29.3 Å². The van der Waals surface area contributed by atoms with Gasteiger partial charge in [-0.25, -0.2) is 4.90 Å². The Morgan fingerprint density at radius 1 is 0.667 bits per heavy atom. The quantitative estimate of drug-likeness (QED) is 0.582. The van der Waals surface area contributed by atoms with E-state index in [1.165, 1.54) is 29.3 Å². The van der Waals surface area contributed by atoms with Gasteiger partial charge in [0.15, 0.2) is 0 Å². The molecule has 0 unspecified atom stereocenters. The number of amides is 4. The lowest BCUT2D eigenvalue weighted by Gasteiger charge is -2.51. The maximum atomic E-state index is 12.8. The van der Waals surface area contributed by atoms with Gasteiger partial charge >= 0.3 is 0 Å². The van der Waals surface area contributed by atoms with Crippen molar-refractivity contribution in [3.8, 4) is 0 Å². The first-order valence-corrected chi connectivity index (χ1v) is 9.90. The van der Waals surface area contributed by atoms with E-state index in [1.807, 2.05) is 26.0 Å². The fourth-order valence-corrected chi connectivity index (χ4v) is 4.63. The second-order valence-electron chi connectivity index (χ2n) is 8.47. The summed E-state index contributed by atoms with van der Waals surface area (Å²) in [4.78, 5) is 51.6. The molecule has 1 spiro atoms. The summed E-state index contributed by atoms with van der Waals surface area (Å²) in [5, 5.41) is 0. The highest BCUT2D eigenvalue weighted by Gasteiger charge is 2.79. The average molecular weight is 404 g/mol. The number of nitrogens with zero attached hydrogens (tertiary/aromatic N) is 2. The Morgan fingerprint density at radius 2 is 1.07 bits per heavy atom. The van der Waals surface area contributed by atoms with Gasteiger partial charge in [0.25, 0.3) is 29.0 Å². The van der Waals surface area contributed by atoms with Crippen LogP contribution in [-0.2, 0) is 25.6 Å². The number of likely N-dealkylation sites (tertiary alicyclic amines) is 1. The Bertz CT molecular complexity index is 1100. The summed E-state index contributed by atoms with van der Waals surface area (Å²) in [5.41, 5.74) is 5.90. The molecule has 30 heavy (non-hydrogen) atoms. The van der Waals surface area contributed by atoms with E-state index in [0.29, 0.717) is 5.69 Å². The molecule has 2 fully saturated rings. The van der Waals surface area contributed by atoms with E-state index in [0.717, 1.165) is 32.9 Å². The van der Waals surface area contributed by atoms with Crippen molar-refractivity contribution < 1.29 is 19.2 Å². The molecule has 0 atom stereocenters. The monoisotopic (exact) mass is 404 g/mol. The Kier molecular flexibility index (Phi) is 4.24. The third-order valence-electron chi connectivity index (χ3n) is 6.47. The summed E-state index contributed by atoms with van der Waals surface area (Å²) in [5.74, 6) is -2.97. The predicted octanol–water partition coefficient (Wildman–Crippen LogP) is 2.68. The molecule has 2 heterocycles. The number of carbonyl (C=O) groups excluding carboxylic acids is 4. The van der Waals surface area contributed by atoms with Gasteiger partial charge in [-0.2, -0.15) is 0 Å². The Hall–Kier alpha value is -3.28. The van der Waals surface area contributed by atoms with Gasteiger partial charge in [0.2, 0.25) is 0 Å². The molecule has 2 aliphatic heterocycles. The van der Waals surface area contributed by atoms with Crippen LogP contribution in [0.15, 0.2) is 24.3 Å². The van der Waals surface area contributed by atoms with Crippen LogP contribution in [-0.4, -0.2) is 35.6 Å². The van der Waals surface area contributed by atoms with Gasteiger partial charge in [-0.05, 0) is 80.0 Å². The first kappa shape index (κ1) is 20.0. The zero-order valence-electron chi connectivity index (χ0n) is 18.0. The van der Waals surface area contributed by atoms with Crippen molar-refractivity contribution in [1.29, 1.82) is 0 Å². The van der Waals surface area contributed by atoms with Crippen LogP contribution >= 0.6 is 0 Å². The minimum atomic E-state index is -2.14. The number of rotatable bonds is 3. The van der Waals surface area contributed by atoms with Crippen molar-refractivity contribution in [2.75, 3.05) is 11.9 Å². The summed E-state index contributed by atoms with van der Waals surface area (Å²) >= 11 is 0. The molecule has 4 rings (SSSR count). The highest BCUT2D eigenvalue weighted by molar-refractivity contribution is 6.59. The van der Waals surface area contributed by atoms with E-state index >= 15 is 0 Å². The van der Waals surface area contributed by atoms with Gasteiger partial charge in [0.05, 0.1) is 5.69 Å². The van der Waals surface area contributed by atoms with Crippen LogP contribution in [0.25, 0.3) is 0 Å². The fraction of sp³-hybridized carbons (Fsp3) is 0.333. The van der Waals surface area contributed by atoms with Crippen LogP contribution in [0.5, 0.6) is 0 Å². The van der Waals surface area contributed by atoms with Crippen molar-refractivity contribution in [1.82, 2.24) is 4.90 Å². The van der Waals surface area contributed by atoms with Crippen LogP contribution in [0, 0.1) is 40.0 Å². The van der Waals surface area contributed by atoms with Gasteiger partial charge in [0, 0.05) is 7.05 Å². The number of carbonyl (C=O) groups is 4. The molecular formula is C24H24N2O4. The second kappa shape index (κ2) is 6.36. The zero-order chi connectivity index (χ0) is 22.1. The molecule has 0 aliphatic carbocycles. The molecule has 6 nitrogen and oxygen atoms in total. The molecule has 154 valence electrons. The minimum absolute atomic E-state index is 0.464. The number of β-lactam (4-membered cyclic amide) rings is 4. The maximum absolute atomic E-state index is 12.8. The molecule has 2 aliphatic rings. The van der Waals surface area contributed by atoms with Crippen molar-refractivity contribution in [3.05, 3.63) is 63.2 Å². The van der Waals surface area contributed by atoms with E-state index in [9.17, 15) is 19.2 Å². The predicted molar refractivity (Wildman–Crippen MR) is 112 cm³/mol. The highest BCUT2D eigenvalue weighted by Crippen LogP contribution is 2.47. The molecule has 6 heteroatoms. The van der Waals surface area contributed by atoms with Gasteiger partial charge < -0.3 is 0 Å². The molecular weight excluding hydrogens is 380 g/mol. The molecule has 0 bridgehead atoms. The lowest BCUT2D eigenvalue weighted by atomic mass is 9.68. The maximum Gasteiger partial charge on any atom is 0.285 e. The minimum Gasteiger partial charge on any atom is -0.282 e. The SMILES string of the molecule is Cc1cc(Cc2cc(C)c(N3C(=O)C4(C(=O)N(C)C4=O)C3=O)c(C)c2)cc(C)c1C. The summed E-state index contributed by atoms with van der Waals surface area (Å²) in [6, 6.07) is 8.26. The van der Waals surface area contributed by atoms with Gasteiger partial charge in [-0.15, -0.1) is 0 Å². The molecule has 2 aromatic rings. The summed E-state index contributed by atoms with van der Waals surface area (Å²) < 4.78 is 0. The number of aryl methyl sites for hydroxylation is 4. The van der Waals surface area contributed by atoms with Crippen molar-refractivity contribution in [2.24, 2.45) is 5.41 Å². The molecule has 0 aromatic heterocycles. The number of benzene rings is 2. The van der Waals surface area contributed by atoms with Gasteiger partial charge in [-0.1, -0.05) is 24.3 Å². The van der Waals surface area contributed by atoms with Crippen LogP contribution < -0.4 is 4.90 Å². The molecule has 0 N–H and O–H groups in total. The van der Waals surface area contributed by atoms with Gasteiger partial charge in [0.1, 0.15) is 0 Å². The fourth-order valence-electron chi connectivity index (χ4n) is 4.63. The Balaban J connectivity index is 1.65. The van der Waals surface area contributed by atoms with E-state index in [4.69, 9.17) is 0 Å². The number of hydrogen-bond donors (Lipinski definition) is 0. The lowest BCUT2D eigenvalue weighted by molar-refractivity contribution is -0.184. The normalized spacial score (nSPS) is 17.5. The third kappa shape index (κ3) is 2.36. The van der Waals surface area contributed by atoms with Crippen molar-refractivity contribution in [3.63, 3.8) is 0 Å². The molecule has 2 aromatic carbocycles. The van der Waals surface area contributed by atoms with Crippen LogP contribution in [0.4, 0.5) is 5.69 Å². The zero-order valence-corrected chi connectivity index (χ0v) is 18.0. The summed E-state index contributed by atoms with van der Waals surface area (Å²) in [6.07, 6.45) is 0.734. The highest BCUT2D eigenvalue weighted by atomic mass is 16.2. The summed E-state index contributed by atoms with van der Waals surface area (Å²) in [6.45, 7) is 9.98. The number of hydrogen-bond acceptors (Lipinski definition) is 4. The average Bonchev–Trinajstić information content (AvgIpc) is 2.68. The van der Waals surface area contributed by atoms with E-state index in [1.54, 1.807) is 0 Å². The molecule has 0 saturated carbocycles. The van der Waals surface area contributed by atoms with Crippen molar-refractivity contribution in [2.45, 2.75) is 41.0 Å². The molecule has 2 saturated heterocycles. The standard InChI is InChI=1S/C24H24N2O4/c1-12-7-17(8-13(2)16(12)5)11-18-9-14(3)19(15(4)10-18)26-22(29)24(23(26)30)20(27)25(6)21(24)28/h7-10H,11H2,1-6H3. The van der Waals surface area contributed by atoms with Crippen LogP contribution in [0.2, 0.25) is 0 Å². The molecule has 4 amide bonds. The van der Waals surface area contributed by atoms with Crippen LogP contribution in [0.3, 0.4) is 0 Å². The van der Waals surface area contributed by atoms with E-state index < -0.39 is 29.0 Å². The Labute approximate surface area is 175 Å². The Morgan fingerprint density at radius 3 is 1.50 bits per heavy atom. The number of imide groups is 2. The van der Waals surface area contributed by atoms with Crippen LogP contribution in [0.1, 0.15) is 38.9 Å². The second-order valence-corrected chi connectivity index (χ2v) is 8.47. The first-order valence-electron chi connectivity index (χ1n) is 9.90. The van der Waals surface area contributed by atoms with E-state index in [2.05, 4.69) is 32.9 Å². The molecule has 0 radical (unpaired) electrons. The largest absolute Gasteiger partial charge is 0.285 e. The smallest absolute Gasteiger partial charge is 0.282 e. The third-order valence-corrected chi connectivity index (χ3v) is 6.47. The van der Waals surface area contributed by atoms with Gasteiger partial charge in [-0.3, -0.25) is 24.1 Å².